The van der Waals surface area contributed by atoms with E-state index in [4.69, 9.17) is 11.8 Å². The molecule has 1 N–H and O–H groups in total. The van der Waals surface area contributed by atoms with Crippen LogP contribution in [0.5, 0.6) is 0 Å². The molecule has 20 heavy (non-hydrogen) atoms. The molecule has 3 nitrogen and oxygen atoms in total. The van der Waals surface area contributed by atoms with Crippen molar-refractivity contribution in [1.29, 1.82) is 0 Å². The Kier molecular flexibility index (Phi) is 3.96. The summed E-state index contributed by atoms with van der Waals surface area (Å²) in [5, 5.41) is 3.31. The summed E-state index contributed by atoms with van der Waals surface area (Å²) in [6.07, 6.45) is -4.67. The van der Waals surface area contributed by atoms with Gasteiger partial charge in [-0.25, -0.2) is 18.3 Å². The fourth-order valence-corrected chi connectivity index (χ4v) is 1.77. The van der Waals surface area contributed by atoms with Crippen molar-refractivity contribution in [2.75, 3.05) is 0 Å². The fraction of sp³-hybridized carbons (Fsp3) is 0.182. The van der Waals surface area contributed by atoms with Gasteiger partial charge in [-0.3, -0.25) is 0 Å². The molecular weight excluding hydrogens is 305 g/mol. The Balaban J connectivity index is 2.56. The van der Waals surface area contributed by atoms with Gasteiger partial charge in [0.05, 0.1) is 17.9 Å². The molecule has 0 fully saturated rings. The molecule has 0 amide bonds. The van der Waals surface area contributed by atoms with Crippen molar-refractivity contribution in [2.24, 2.45) is 0 Å². The molecule has 0 unspecified atom stereocenters. The predicted octanol–water partition coefficient (Wildman–Crippen LogP) is 3.41. The minimum absolute atomic E-state index is 0.0114. The molecule has 0 spiro atoms. The van der Waals surface area contributed by atoms with Crippen LogP contribution in [-0.4, -0.2) is 9.78 Å². The van der Waals surface area contributed by atoms with Crippen LogP contribution in [0.2, 0.25) is 0 Å². The lowest BCUT2D eigenvalue weighted by molar-refractivity contribution is -0.141. The van der Waals surface area contributed by atoms with Crippen LogP contribution in [0.1, 0.15) is 11.4 Å². The molecule has 108 valence electrons. The average molecular weight is 312 g/mol. The van der Waals surface area contributed by atoms with Gasteiger partial charge in [-0.1, -0.05) is 0 Å². The first-order chi connectivity index (χ1) is 9.31. The second kappa shape index (κ2) is 5.37. The van der Waals surface area contributed by atoms with E-state index in [1.165, 1.54) is 0 Å². The Bertz CT molecular complexity index is 603. The molecule has 2 rings (SSSR count). The molecule has 9 heteroatoms. The summed E-state index contributed by atoms with van der Waals surface area (Å²) in [6, 6.07) is 3.09. The summed E-state index contributed by atoms with van der Waals surface area (Å²) in [4.78, 5) is 2.14. The third-order valence-corrected chi connectivity index (χ3v) is 2.55. The molecule has 0 bridgehead atoms. The highest BCUT2D eigenvalue weighted by atomic mass is 35.5. The molecular formula is C11H7ClF5N3. The molecule has 0 radical (unpaired) electrons. The lowest BCUT2D eigenvalue weighted by Gasteiger charge is -2.07. The maximum absolute atomic E-state index is 13.1. The Morgan fingerprint density at radius 1 is 1.10 bits per heavy atom. The first-order valence-electron chi connectivity index (χ1n) is 5.27. The van der Waals surface area contributed by atoms with Crippen molar-refractivity contribution in [3.63, 3.8) is 0 Å². The highest BCUT2D eigenvalue weighted by Gasteiger charge is 2.35. The average Bonchev–Trinajstić information content (AvgIpc) is 2.72. The molecule has 1 aromatic heterocycles. The number of aromatic nitrogens is 2. The summed E-state index contributed by atoms with van der Waals surface area (Å²) in [6.45, 7) is -0.164. The number of hydrogen-bond donors (Lipinski definition) is 1. The van der Waals surface area contributed by atoms with E-state index in [-0.39, 0.29) is 17.9 Å². The first-order valence-corrected chi connectivity index (χ1v) is 5.65. The zero-order chi connectivity index (χ0) is 14.9. The zero-order valence-corrected chi connectivity index (χ0v) is 10.4. The second-order valence-corrected chi connectivity index (χ2v) is 4.14. The fourth-order valence-electron chi connectivity index (χ4n) is 1.64. The molecule has 2 aromatic rings. The molecule has 1 aromatic carbocycles. The number of benzene rings is 1. The van der Waals surface area contributed by atoms with E-state index >= 15 is 0 Å². The molecule has 0 aliphatic carbocycles. The summed E-state index contributed by atoms with van der Waals surface area (Å²) >= 11 is 5.26. The molecule has 1 heterocycles. The van der Waals surface area contributed by atoms with Crippen LogP contribution in [0.4, 0.5) is 22.0 Å². The van der Waals surface area contributed by atoms with Gasteiger partial charge in [0.15, 0.2) is 5.69 Å². The zero-order valence-electron chi connectivity index (χ0n) is 9.68. The van der Waals surface area contributed by atoms with Crippen molar-refractivity contribution >= 4 is 11.8 Å². The van der Waals surface area contributed by atoms with Gasteiger partial charge in [0.25, 0.3) is 0 Å². The van der Waals surface area contributed by atoms with Gasteiger partial charge < -0.3 is 0 Å². The highest BCUT2D eigenvalue weighted by Crippen LogP contribution is 2.29. The smallest absolute Gasteiger partial charge is 0.236 e. The van der Waals surface area contributed by atoms with Crippen molar-refractivity contribution in [3.8, 4) is 5.69 Å². The maximum atomic E-state index is 13.1. The van der Waals surface area contributed by atoms with Crippen molar-refractivity contribution in [3.05, 3.63) is 47.3 Å². The van der Waals surface area contributed by atoms with Gasteiger partial charge in [0.1, 0.15) is 11.6 Å². The van der Waals surface area contributed by atoms with Crippen molar-refractivity contribution in [2.45, 2.75) is 12.7 Å². The monoisotopic (exact) mass is 311 g/mol. The van der Waals surface area contributed by atoms with Gasteiger partial charge in [0, 0.05) is 6.07 Å². The maximum Gasteiger partial charge on any atom is 0.435 e. The van der Waals surface area contributed by atoms with Gasteiger partial charge in [-0.05, 0) is 30.0 Å². The van der Waals surface area contributed by atoms with Crippen LogP contribution in [0, 0.1) is 11.6 Å². The van der Waals surface area contributed by atoms with Crippen LogP contribution in [0.25, 0.3) is 5.69 Å². The normalized spacial score (nSPS) is 11.9. The van der Waals surface area contributed by atoms with Crippen LogP contribution < -0.4 is 4.84 Å². The van der Waals surface area contributed by atoms with Crippen molar-refractivity contribution in [1.82, 2.24) is 14.6 Å². The summed E-state index contributed by atoms with van der Waals surface area (Å²) in [7, 11) is 0. The Hall–Kier alpha value is -1.67. The van der Waals surface area contributed by atoms with E-state index in [0.717, 1.165) is 22.9 Å². The largest absolute Gasteiger partial charge is 0.435 e. The number of nitrogens with zero attached hydrogens (tertiary/aromatic N) is 2. The summed E-state index contributed by atoms with van der Waals surface area (Å²) < 4.78 is 64.9. The van der Waals surface area contributed by atoms with Gasteiger partial charge in [-0.15, -0.1) is 0 Å². The van der Waals surface area contributed by atoms with Crippen LogP contribution in [0.3, 0.4) is 0 Å². The van der Waals surface area contributed by atoms with Gasteiger partial charge >= 0.3 is 6.18 Å². The first kappa shape index (κ1) is 14.7. The van der Waals surface area contributed by atoms with E-state index in [1.54, 1.807) is 0 Å². The number of hydrogen-bond acceptors (Lipinski definition) is 2. The van der Waals surface area contributed by atoms with Crippen LogP contribution in [0.15, 0.2) is 24.3 Å². The predicted molar refractivity (Wildman–Crippen MR) is 61.2 cm³/mol. The van der Waals surface area contributed by atoms with Crippen LogP contribution >= 0.6 is 11.8 Å². The lowest BCUT2D eigenvalue weighted by Crippen LogP contribution is -2.09. The number of halogens is 6. The summed E-state index contributed by atoms with van der Waals surface area (Å²) in [5.74, 6) is -1.84. The van der Waals surface area contributed by atoms with E-state index in [0.29, 0.717) is 6.07 Å². The molecule has 0 aliphatic heterocycles. The topological polar surface area (TPSA) is 29.9 Å². The van der Waals surface area contributed by atoms with E-state index < -0.39 is 23.5 Å². The van der Waals surface area contributed by atoms with Crippen molar-refractivity contribution < 1.29 is 22.0 Å². The Labute approximate surface area is 115 Å². The number of nitrogens with one attached hydrogen (secondary N) is 1. The molecule has 0 saturated carbocycles. The quantitative estimate of drug-likeness (QED) is 0.695. The number of rotatable bonds is 3. The van der Waals surface area contributed by atoms with Gasteiger partial charge in [-0.2, -0.15) is 18.3 Å². The number of alkyl halides is 3. The molecule has 0 saturated heterocycles. The standard InChI is InChI=1S/C11H7ClF5N3/c12-18-5-9-4-10(11(15,16)17)19-20(9)8-2-6(13)1-7(14)3-8/h1-4,18H,5H2. The second-order valence-electron chi connectivity index (χ2n) is 3.87. The SMILES string of the molecule is Fc1cc(F)cc(-n2nc(C(F)(F)F)cc2CNCl)c1. The van der Waals surface area contributed by atoms with E-state index in [9.17, 15) is 22.0 Å². The molecule has 0 atom stereocenters. The van der Waals surface area contributed by atoms with E-state index in [1.807, 2.05) is 0 Å². The highest BCUT2D eigenvalue weighted by molar-refractivity contribution is 6.13. The van der Waals surface area contributed by atoms with E-state index in [2.05, 4.69) is 9.93 Å². The third-order valence-electron chi connectivity index (χ3n) is 2.41. The van der Waals surface area contributed by atoms with Gasteiger partial charge in [0.2, 0.25) is 0 Å². The Morgan fingerprint density at radius 3 is 2.20 bits per heavy atom. The van der Waals surface area contributed by atoms with Crippen LogP contribution in [-0.2, 0) is 12.7 Å². The lowest BCUT2D eigenvalue weighted by atomic mass is 10.3. The molecule has 0 aliphatic rings. The third kappa shape index (κ3) is 3.07. The minimum Gasteiger partial charge on any atom is -0.236 e. The summed E-state index contributed by atoms with van der Waals surface area (Å²) in [5.41, 5.74) is -1.33. The Morgan fingerprint density at radius 2 is 1.70 bits per heavy atom. The minimum atomic E-state index is -4.67.